The van der Waals surface area contributed by atoms with Gasteiger partial charge in [0.05, 0.1) is 17.9 Å². The first-order valence-electron chi connectivity index (χ1n) is 6.33. The van der Waals surface area contributed by atoms with Crippen LogP contribution in [0.1, 0.15) is 45.1 Å². The molecular formula is C14H11F3N2O4. The predicted molar refractivity (Wildman–Crippen MR) is 71.4 cm³/mol. The molecule has 0 aliphatic rings. The van der Waals surface area contributed by atoms with Crippen molar-refractivity contribution in [1.82, 2.24) is 9.55 Å². The number of benzene rings is 1. The van der Waals surface area contributed by atoms with Crippen molar-refractivity contribution in [1.29, 1.82) is 0 Å². The molecule has 2 rings (SSSR count). The minimum Gasteiger partial charge on any atom is -0.476 e. The maximum Gasteiger partial charge on any atom is 0.416 e. The van der Waals surface area contributed by atoms with Gasteiger partial charge in [0.2, 0.25) is 0 Å². The molecule has 6 nitrogen and oxygen atoms in total. The molecule has 1 atom stereocenters. The van der Waals surface area contributed by atoms with Crippen LogP contribution >= 0.6 is 0 Å². The van der Waals surface area contributed by atoms with Crippen molar-refractivity contribution in [2.24, 2.45) is 0 Å². The van der Waals surface area contributed by atoms with Gasteiger partial charge < -0.3 is 14.8 Å². The van der Waals surface area contributed by atoms with Crippen LogP contribution in [0.15, 0.2) is 30.6 Å². The van der Waals surface area contributed by atoms with Crippen molar-refractivity contribution in [3.8, 4) is 0 Å². The molecule has 0 spiro atoms. The van der Waals surface area contributed by atoms with Gasteiger partial charge >= 0.3 is 18.1 Å². The molecule has 1 aromatic heterocycles. The number of imidazole rings is 1. The number of nitrogens with zero attached hydrogens (tertiary/aromatic N) is 2. The highest BCUT2D eigenvalue weighted by molar-refractivity contribution is 5.99. The Morgan fingerprint density at radius 1 is 1.13 bits per heavy atom. The van der Waals surface area contributed by atoms with Crippen molar-refractivity contribution in [2.45, 2.75) is 19.1 Å². The molecule has 0 amide bonds. The lowest BCUT2D eigenvalue weighted by Gasteiger charge is -2.16. The van der Waals surface area contributed by atoms with Crippen LogP contribution in [0.2, 0.25) is 0 Å². The number of rotatable bonds is 4. The van der Waals surface area contributed by atoms with Gasteiger partial charge in [0.1, 0.15) is 0 Å². The van der Waals surface area contributed by atoms with Gasteiger partial charge in [-0.2, -0.15) is 13.2 Å². The summed E-state index contributed by atoms with van der Waals surface area (Å²) in [5.74, 6) is -2.99. The second kappa shape index (κ2) is 5.75. The van der Waals surface area contributed by atoms with E-state index in [1.807, 2.05) is 0 Å². The Morgan fingerprint density at radius 3 is 2.13 bits per heavy atom. The highest BCUT2D eigenvalue weighted by atomic mass is 19.4. The molecule has 122 valence electrons. The standard InChI is InChI=1S/C14H11F3N2O4/c1-7(8-2-4-9(5-3-8)14(15,16)17)19-6-18-10(12(20)21)11(19)13(22)23/h2-7H,1H3,(H,20,21)(H,22,23). The minimum absolute atomic E-state index is 0.384. The Bertz CT molecular complexity index is 750. The van der Waals surface area contributed by atoms with Gasteiger partial charge in [-0.1, -0.05) is 12.1 Å². The van der Waals surface area contributed by atoms with Gasteiger partial charge in [-0.15, -0.1) is 0 Å². The first-order chi connectivity index (χ1) is 10.6. The van der Waals surface area contributed by atoms with E-state index < -0.39 is 41.1 Å². The number of alkyl halides is 3. The van der Waals surface area contributed by atoms with Gasteiger partial charge in [0.25, 0.3) is 0 Å². The van der Waals surface area contributed by atoms with E-state index in [4.69, 9.17) is 10.2 Å². The summed E-state index contributed by atoms with van der Waals surface area (Å²) in [4.78, 5) is 25.8. The van der Waals surface area contributed by atoms with Gasteiger partial charge in [-0.05, 0) is 24.6 Å². The first kappa shape index (κ1) is 16.5. The Labute approximate surface area is 127 Å². The van der Waals surface area contributed by atoms with Crippen LogP contribution in [-0.4, -0.2) is 31.7 Å². The molecule has 0 fully saturated rings. The summed E-state index contributed by atoms with van der Waals surface area (Å²) in [6, 6.07) is 3.46. The van der Waals surface area contributed by atoms with E-state index in [-0.39, 0.29) is 0 Å². The van der Waals surface area contributed by atoms with Crippen LogP contribution < -0.4 is 0 Å². The molecule has 0 bridgehead atoms. The number of hydrogen-bond donors (Lipinski definition) is 2. The molecule has 0 aliphatic heterocycles. The Hall–Kier alpha value is -2.84. The molecule has 23 heavy (non-hydrogen) atoms. The molecule has 2 N–H and O–H groups in total. The molecule has 1 unspecified atom stereocenters. The third-order valence-electron chi connectivity index (χ3n) is 3.34. The summed E-state index contributed by atoms with van der Waals surface area (Å²) in [5.41, 5.74) is -1.61. The second-order valence-corrected chi connectivity index (χ2v) is 4.76. The number of aromatic nitrogens is 2. The molecular weight excluding hydrogens is 317 g/mol. The monoisotopic (exact) mass is 328 g/mol. The zero-order valence-corrected chi connectivity index (χ0v) is 11.7. The number of carbonyl (C=O) groups is 2. The summed E-state index contributed by atoms with van der Waals surface area (Å²) >= 11 is 0. The topological polar surface area (TPSA) is 92.4 Å². The molecule has 9 heteroatoms. The van der Waals surface area contributed by atoms with Crippen molar-refractivity contribution in [3.63, 3.8) is 0 Å². The number of carboxylic acid groups (broad SMARTS) is 2. The average Bonchev–Trinajstić information content (AvgIpc) is 2.91. The number of halogens is 3. The lowest BCUT2D eigenvalue weighted by molar-refractivity contribution is -0.137. The van der Waals surface area contributed by atoms with E-state index in [9.17, 15) is 22.8 Å². The van der Waals surface area contributed by atoms with Crippen LogP contribution in [-0.2, 0) is 6.18 Å². The fraction of sp³-hybridized carbons (Fsp3) is 0.214. The molecule has 0 radical (unpaired) electrons. The minimum atomic E-state index is -4.47. The van der Waals surface area contributed by atoms with Crippen molar-refractivity contribution in [2.75, 3.05) is 0 Å². The molecule has 1 aromatic carbocycles. The van der Waals surface area contributed by atoms with Crippen LogP contribution in [0, 0.1) is 0 Å². The summed E-state index contributed by atoms with van der Waals surface area (Å²) in [6.07, 6.45) is -3.44. The number of hydrogen-bond acceptors (Lipinski definition) is 3. The van der Waals surface area contributed by atoms with E-state index in [0.717, 1.165) is 23.0 Å². The van der Waals surface area contributed by atoms with E-state index in [1.54, 1.807) is 0 Å². The predicted octanol–water partition coefficient (Wildman–Crippen LogP) is 2.91. The maximum absolute atomic E-state index is 12.5. The zero-order chi connectivity index (χ0) is 17.4. The van der Waals surface area contributed by atoms with Gasteiger partial charge in [-0.3, -0.25) is 0 Å². The van der Waals surface area contributed by atoms with E-state index in [2.05, 4.69) is 4.98 Å². The Kier molecular flexibility index (Phi) is 4.13. The fourth-order valence-electron chi connectivity index (χ4n) is 2.13. The second-order valence-electron chi connectivity index (χ2n) is 4.76. The zero-order valence-electron chi connectivity index (χ0n) is 11.7. The van der Waals surface area contributed by atoms with Gasteiger partial charge in [0, 0.05) is 0 Å². The highest BCUT2D eigenvalue weighted by Gasteiger charge is 2.30. The molecule has 2 aromatic rings. The van der Waals surface area contributed by atoms with Gasteiger partial charge in [-0.25, -0.2) is 14.6 Å². The van der Waals surface area contributed by atoms with E-state index in [0.29, 0.717) is 5.56 Å². The van der Waals surface area contributed by atoms with E-state index >= 15 is 0 Å². The normalized spacial score (nSPS) is 12.9. The Morgan fingerprint density at radius 2 is 1.70 bits per heavy atom. The maximum atomic E-state index is 12.5. The number of carboxylic acids is 2. The largest absolute Gasteiger partial charge is 0.476 e. The third kappa shape index (κ3) is 3.17. The average molecular weight is 328 g/mol. The smallest absolute Gasteiger partial charge is 0.416 e. The summed E-state index contributed by atoms with van der Waals surface area (Å²) in [7, 11) is 0. The number of aromatic carboxylic acids is 2. The van der Waals surface area contributed by atoms with Crippen molar-refractivity contribution < 1.29 is 33.0 Å². The van der Waals surface area contributed by atoms with Crippen molar-refractivity contribution >= 4 is 11.9 Å². The lowest BCUT2D eigenvalue weighted by Crippen LogP contribution is -2.16. The SMILES string of the molecule is CC(c1ccc(C(F)(F)F)cc1)n1cnc(C(=O)O)c1C(=O)O. The van der Waals surface area contributed by atoms with Crippen LogP contribution in [0.5, 0.6) is 0 Å². The fourth-order valence-corrected chi connectivity index (χ4v) is 2.13. The first-order valence-corrected chi connectivity index (χ1v) is 6.33. The summed E-state index contributed by atoms with van der Waals surface area (Å²) < 4.78 is 38.7. The molecule has 0 aliphatic carbocycles. The molecule has 0 saturated heterocycles. The highest BCUT2D eigenvalue weighted by Crippen LogP contribution is 2.30. The Balaban J connectivity index is 2.43. The molecule has 0 saturated carbocycles. The van der Waals surface area contributed by atoms with Crippen LogP contribution in [0.3, 0.4) is 0 Å². The van der Waals surface area contributed by atoms with Crippen LogP contribution in [0.25, 0.3) is 0 Å². The summed E-state index contributed by atoms with van der Waals surface area (Å²) in [6.45, 7) is 1.53. The quantitative estimate of drug-likeness (QED) is 0.900. The van der Waals surface area contributed by atoms with Gasteiger partial charge in [0.15, 0.2) is 11.4 Å². The van der Waals surface area contributed by atoms with Crippen molar-refractivity contribution in [3.05, 3.63) is 53.1 Å². The lowest BCUT2D eigenvalue weighted by atomic mass is 10.1. The summed E-state index contributed by atoms with van der Waals surface area (Å²) in [5, 5.41) is 18.1. The third-order valence-corrected chi connectivity index (χ3v) is 3.34. The molecule has 1 heterocycles. The van der Waals surface area contributed by atoms with Crippen LogP contribution in [0.4, 0.5) is 13.2 Å². The van der Waals surface area contributed by atoms with E-state index in [1.165, 1.54) is 19.1 Å².